The number of para-hydroxylation sites is 1. The summed E-state index contributed by atoms with van der Waals surface area (Å²) in [5, 5.41) is 0. The molecule has 2 rings (SSSR count). The van der Waals surface area contributed by atoms with E-state index < -0.39 is 23.5 Å². The number of rotatable bonds is 5. The molecule has 0 aliphatic heterocycles. The fraction of sp³-hybridized carbons (Fsp3) is 0.250. The first kappa shape index (κ1) is 15.4. The maximum atomic E-state index is 14.0. The van der Waals surface area contributed by atoms with E-state index in [4.69, 9.17) is 5.73 Å². The minimum atomic E-state index is -0.680. The standard InChI is InChI=1S/C16H17F3N2/c1-2-21(15-6-4-3-5-13(15)18)16(10-20)12-8-7-11(17)9-14(12)19/h3-9,16H,2,10,20H2,1H3. The number of hydrogen-bond donors (Lipinski definition) is 1. The van der Waals surface area contributed by atoms with Gasteiger partial charge in [-0.1, -0.05) is 18.2 Å². The van der Waals surface area contributed by atoms with Gasteiger partial charge >= 0.3 is 0 Å². The van der Waals surface area contributed by atoms with Gasteiger partial charge in [-0.05, 0) is 25.1 Å². The van der Waals surface area contributed by atoms with Crippen LogP contribution in [0.4, 0.5) is 18.9 Å². The largest absolute Gasteiger partial charge is 0.361 e. The molecule has 0 heterocycles. The molecule has 112 valence electrons. The Morgan fingerprint density at radius 1 is 1.05 bits per heavy atom. The second-order valence-corrected chi connectivity index (χ2v) is 4.65. The predicted octanol–water partition coefficient (Wildman–Crippen LogP) is 3.63. The molecule has 21 heavy (non-hydrogen) atoms. The number of nitrogens with zero attached hydrogens (tertiary/aromatic N) is 1. The Balaban J connectivity index is 2.45. The lowest BCUT2D eigenvalue weighted by Crippen LogP contribution is -2.35. The van der Waals surface area contributed by atoms with Crippen molar-refractivity contribution in [2.75, 3.05) is 18.0 Å². The normalized spacial score (nSPS) is 12.2. The van der Waals surface area contributed by atoms with Crippen molar-refractivity contribution in [1.29, 1.82) is 0 Å². The van der Waals surface area contributed by atoms with Crippen molar-refractivity contribution in [3.8, 4) is 0 Å². The molecule has 0 bridgehead atoms. The lowest BCUT2D eigenvalue weighted by Gasteiger charge is -2.32. The average Bonchev–Trinajstić information content (AvgIpc) is 2.47. The van der Waals surface area contributed by atoms with Crippen LogP contribution < -0.4 is 10.6 Å². The Labute approximate surface area is 122 Å². The number of benzene rings is 2. The SMILES string of the molecule is CCN(c1ccccc1F)C(CN)c1ccc(F)cc1F. The van der Waals surface area contributed by atoms with Crippen LogP contribution in [0.2, 0.25) is 0 Å². The summed E-state index contributed by atoms with van der Waals surface area (Å²) in [6, 6.07) is 9.02. The Bertz CT molecular complexity index is 616. The maximum absolute atomic E-state index is 14.0. The van der Waals surface area contributed by atoms with Gasteiger partial charge in [0, 0.05) is 24.7 Å². The molecular weight excluding hydrogens is 277 g/mol. The van der Waals surface area contributed by atoms with Crippen LogP contribution in [0, 0.1) is 17.5 Å². The number of halogens is 3. The first-order valence-electron chi connectivity index (χ1n) is 6.74. The first-order valence-corrected chi connectivity index (χ1v) is 6.74. The summed E-state index contributed by atoms with van der Waals surface area (Å²) in [4.78, 5) is 1.67. The average molecular weight is 294 g/mol. The molecule has 2 nitrogen and oxygen atoms in total. The fourth-order valence-corrected chi connectivity index (χ4v) is 2.44. The van der Waals surface area contributed by atoms with Gasteiger partial charge < -0.3 is 10.6 Å². The quantitative estimate of drug-likeness (QED) is 0.912. The second kappa shape index (κ2) is 6.63. The van der Waals surface area contributed by atoms with Gasteiger partial charge in [0.05, 0.1) is 11.7 Å². The predicted molar refractivity (Wildman–Crippen MR) is 77.6 cm³/mol. The Morgan fingerprint density at radius 2 is 1.76 bits per heavy atom. The van der Waals surface area contributed by atoms with E-state index in [1.165, 1.54) is 18.2 Å². The molecule has 0 saturated carbocycles. The van der Waals surface area contributed by atoms with Gasteiger partial charge in [-0.2, -0.15) is 0 Å². The smallest absolute Gasteiger partial charge is 0.146 e. The van der Waals surface area contributed by atoms with E-state index in [0.29, 0.717) is 12.2 Å². The van der Waals surface area contributed by atoms with Gasteiger partial charge in [0.1, 0.15) is 17.5 Å². The highest BCUT2D eigenvalue weighted by Crippen LogP contribution is 2.30. The number of anilines is 1. The molecule has 0 saturated heterocycles. The summed E-state index contributed by atoms with van der Waals surface area (Å²) < 4.78 is 41.0. The lowest BCUT2D eigenvalue weighted by molar-refractivity contribution is 0.536. The summed E-state index contributed by atoms with van der Waals surface area (Å²) in [6.07, 6.45) is 0. The lowest BCUT2D eigenvalue weighted by atomic mass is 10.0. The monoisotopic (exact) mass is 294 g/mol. The highest BCUT2D eigenvalue weighted by atomic mass is 19.1. The van der Waals surface area contributed by atoms with E-state index in [2.05, 4.69) is 0 Å². The van der Waals surface area contributed by atoms with Crippen molar-refractivity contribution in [2.45, 2.75) is 13.0 Å². The van der Waals surface area contributed by atoms with E-state index in [1.54, 1.807) is 23.1 Å². The minimum absolute atomic E-state index is 0.0880. The Hall–Kier alpha value is -2.01. The van der Waals surface area contributed by atoms with E-state index in [9.17, 15) is 13.2 Å². The van der Waals surface area contributed by atoms with E-state index in [0.717, 1.165) is 6.07 Å². The highest BCUT2D eigenvalue weighted by Gasteiger charge is 2.23. The van der Waals surface area contributed by atoms with Crippen LogP contribution in [0.25, 0.3) is 0 Å². The van der Waals surface area contributed by atoms with E-state index >= 15 is 0 Å². The molecule has 0 spiro atoms. The summed E-state index contributed by atoms with van der Waals surface area (Å²) in [7, 11) is 0. The molecule has 0 aromatic heterocycles. The van der Waals surface area contributed by atoms with Crippen molar-refractivity contribution in [2.24, 2.45) is 5.73 Å². The molecule has 1 unspecified atom stereocenters. The summed E-state index contributed by atoms with van der Waals surface area (Å²) in [5.41, 5.74) is 6.35. The molecule has 0 amide bonds. The molecule has 2 aromatic carbocycles. The molecular formula is C16H17F3N2. The van der Waals surface area contributed by atoms with Crippen LogP contribution in [0.15, 0.2) is 42.5 Å². The van der Waals surface area contributed by atoms with Crippen molar-refractivity contribution in [3.63, 3.8) is 0 Å². The zero-order valence-corrected chi connectivity index (χ0v) is 11.7. The summed E-state index contributed by atoms with van der Waals surface area (Å²) in [5.74, 6) is -1.73. The van der Waals surface area contributed by atoms with Gasteiger partial charge in [0.25, 0.3) is 0 Å². The number of nitrogens with two attached hydrogens (primary N) is 1. The van der Waals surface area contributed by atoms with E-state index in [1.807, 2.05) is 6.92 Å². The summed E-state index contributed by atoms with van der Waals surface area (Å²) >= 11 is 0. The van der Waals surface area contributed by atoms with Crippen molar-refractivity contribution in [1.82, 2.24) is 0 Å². The minimum Gasteiger partial charge on any atom is -0.361 e. The Kier molecular flexibility index (Phi) is 4.85. The summed E-state index contributed by atoms with van der Waals surface area (Å²) in [6.45, 7) is 2.36. The zero-order valence-electron chi connectivity index (χ0n) is 11.7. The van der Waals surface area contributed by atoms with Crippen LogP contribution in [-0.2, 0) is 0 Å². The third-order valence-corrected chi connectivity index (χ3v) is 3.42. The molecule has 5 heteroatoms. The third kappa shape index (κ3) is 3.19. The van der Waals surface area contributed by atoms with Gasteiger partial charge in [0.15, 0.2) is 0 Å². The van der Waals surface area contributed by atoms with Gasteiger partial charge in [-0.25, -0.2) is 13.2 Å². The maximum Gasteiger partial charge on any atom is 0.146 e. The molecule has 0 aliphatic carbocycles. The second-order valence-electron chi connectivity index (χ2n) is 4.65. The first-order chi connectivity index (χ1) is 10.1. The van der Waals surface area contributed by atoms with Crippen molar-refractivity contribution in [3.05, 3.63) is 65.5 Å². The molecule has 1 atom stereocenters. The Morgan fingerprint density at radius 3 is 2.33 bits per heavy atom. The molecule has 2 aromatic rings. The van der Waals surface area contributed by atoms with Crippen LogP contribution in [-0.4, -0.2) is 13.1 Å². The molecule has 0 aliphatic rings. The van der Waals surface area contributed by atoms with Crippen molar-refractivity contribution >= 4 is 5.69 Å². The molecule has 0 fully saturated rings. The van der Waals surface area contributed by atoms with Crippen LogP contribution in [0.3, 0.4) is 0 Å². The van der Waals surface area contributed by atoms with E-state index in [-0.39, 0.29) is 12.1 Å². The van der Waals surface area contributed by atoms with Gasteiger partial charge in [0.2, 0.25) is 0 Å². The molecule has 0 radical (unpaired) electrons. The number of likely N-dealkylation sites (N-methyl/N-ethyl adjacent to an activating group) is 1. The fourth-order valence-electron chi connectivity index (χ4n) is 2.44. The zero-order chi connectivity index (χ0) is 15.4. The third-order valence-electron chi connectivity index (χ3n) is 3.42. The van der Waals surface area contributed by atoms with Crippen LogP contribution >= 0.6 is 0 Å². The van der Waals surface area contributed by atoms with Gasteiger partial charge in [-0.3, -0.25) is 0 Å². The molecule has 2 N–H and O–H groups in total. The highest BCUT2D eigenvalue weighted by molar-refractivity contribution is 5.50. The topological polar surface area (TPSA) is 29.3 Å². The van der Waals surface area contributed by atoms with Crippen LogP contribution in [0.1, 0.15) is 18.5 Å². The van der Waals surface area contributed by atoms with Crippen molar-refractivity contribution < 1.29 is 13.2 Å². The van der Waals surface area contributed by atoms with Gasteiger partial charge in [-0.15, -0.1) is 0 Å². The van der Waals surface area contributed by atoms with Crippen LogP contribution in [0.5, 0.6) is 0 Å². The number of hydrogen-bond acceptors (Lipinski definition) is 2.